The molecule has 0 amide bonds. The molecule has 2 fully saturated rings. The molecule has 32 heavy (non-hydrogen) atoms. The summed E-state index contributed by atoms with van der Waals surface area (Å²) < 4.78 is 38.0. The molecule has 0 atom stereocenters. The Bertz CT molecular complexity index is 856. The van der Waals surface area contributed by atoms with Crippen LogP contribution in [0.25, 0.3) is 0 Å². The van der Waals surface area contributed by atoms with Gasteiger partial charge in [0.05, 0.1) is 18.8 Å². The topological polar surface area (TPSA) is 91.7 Å². The van der Waals surface area contributed by atoms with E-state index in [0.717, 1.165) is 64.5 Å². The van der Waals surface area contributed by atoms with E-state index in [0.29, 0.717) is 0 Å². The number of nitrogens with zero attached hydrogens (tertiary/aromatic N) is 5. The zero-order valence-corrected chi connectivity index (χ0v) is 18.5. The summed E-state index contributed by atoms with van der Waals surface area (Å²) in [7, 11) is 0. The van der Waals surface area contributed by atoms with Crippen molar-refractivity contribution < 1.29 is 27.8 Å². The fourth-order valence-electron chi connectivity index (χ4n) is 3.69. The van der Waals surface area contributed by atoms with Gasteiger partial charge in [0.2, 0.25) is 5.95 Å². The average Bonchev–Trinajstić information content (AvgIpc) is 3.27. The molecule has 0 aromatic carbocycles. The number of thiazole rings is 1. The molecule has 0 unspecified atom stereocenters. The number of alkyl halides is 3. The molecule has 4 rings (SSSR count). The molecule has 1 N–H and O–H groups in total. The molecular weight excluding hydrogens is 447 g/mol. The highest BCUT2D eigenvalue weighted by molar-refractivity contribution is 7.09. The molecule has 2 aromatic heterocycles. The maximum atomic E-state index is 10.6. The monoisotopic (exact) mass is 473 g/mol. The Morgan fingerprint density at radius 2 is 1.88 bits per heavy atom. The second-order valence-electron chi connectivity index (χ2n) is 7.70. The Balaban J connectivity index is 0.000000360. The van der Waals surface area contributed by atoms with Crippen molar-refractivity contribution >= 4 is 23.3 Å². The number of aromatic nitrogens is 3. The number of carbonyl (C=O) groups is 1. The van der Waals surface area contributed by atoms with Gasteiger partial charge in [-0.3, -0.25) is 4.90 Å². The first-order valence-electron chi connectivity index (χ1n) is 10.3. The Morgan fingerprint density at radius 1 is 1.22 bits per heavy atom. The minimum Gasteiger partial charge on any atom is -0.475 e. The highest BCUT2D eigenvalue weighted by atomic mass is 32.1. The standard InChI is InChI=1S/C18H25N5OS.C2HF3O2/c1-2-15-11-20-17(21-12-15)23-6-3-18(4-7-23)14-22(8-9-24-18)13-16-19-5-10-25-16;3-2(4,5)1(6)7/h5,10-12H,2-4,6-9,13-14H2,1H3;(H,6,7). The van der Waals surface area contributed by atoms with Crippen molar-refractivity contribution in [3.63, 3.8) is 0 Å². The van der Waals surface area contributed by atoms with Crippen LogP contribution in [0.1, 0.15) is 30.3 Å². The summed E-state index contributed by atoms with van der Waals surface area (Å²) in [5.74, 6) is -1.91. The van der Waals surface area contributed by atoms with Crippen molar-refractivity contribution in [3.05, 3.63) is 34.5 Å². The molecule has 8 nitrogen and oxygen atoms in total. The Morgan fingerprint density at radius 3 is 2.41 bits per heavy atom. The Hall–Kier alpha value is -2.31. The number of carboxylic acid groups (broad SMARTS) is 1. The number of halogens is 3. The van der Waals surface area contributed by atoms with E-state index in [4.69, 9.17) is 14.6 Å². The summed E-state index contributed by atoms with van der Waals surface area (Å²) >= 11 is 1.73. The number of anilines is 1. The summed E-state index contributed by atoms with van der Waals surface area (Å²) in [6, 6.07) is 0. The van der Waals surface area contributed by atoms with Gasteiger partial charge in [0.1, 0.15) is 5.01 Å². The average molecular weight is 474 g/mol. The zero-order chi connectivity index (χ0) is 23.2. The van der Waals surface area contributed by atoms with Crippen LogP contribution in [0.5, 0.6) is 0 Å². The van der Waals surface area contributed by atoms with Crippen LogP contribution in [0.2, 0.25) is 0 Å². The number of aliphatic carboxylic acids is 1. The fourth-order valence-corrected chi connectivity index (χ4v) is 4.35. The molecule has 2 aromatic rings. The van der Waals surface area contributed by atoms with Crippen molar-refractivity contribution in [2.45, 2.75) is 44.5 Å². The summed E-state index contributed by atoms with van der Waals surface area (Å²) in [6.45, 7) is 7.78. The first kappa shape index (κ1) is 24.3. The van der Waals surface area contributed by atoms with E-state index in [2.05, 4.69) is 31.7 Å². The number of rotatable bonds is 4. The molecule has 2 saturated heterocycles. The van der Waals surface area contributed by atoms with Gasteiger partial charge in [0.25, 0.3) is 0 Å². The summed E-state index contributed by atoms with van der Waals surface area (Å²) in [5, 5.41) is 10.4. The molecule has 1 spiro atoms. The first-order valence-corrected chi connectivity index (χ1v) is 11.2. The number of hydrogen-bond donors (Lipinski definition) is 1. The third-order valence-corrected chi connectivity index (χ3v) is 6.23. The second-order valence-corrected chi connectivity index (χ2v) is 8.68. The number of ether oxygens (including phenoxy) is 1. The smallest absolute Gasteiger partial charge is 0.475 e. The lowest BCUT2D eigenvalue weighted by molar-refractivity contribution is -0.192. The van der Waals surface area contributed by atoms with Crippen LogP contribution in [-0.4, -0.2) is 75.5 Å². The van der Waals surface area contributed by atoms with E-state index < -0.39 is 12.1 Å². The van der Waals surface area contributed by atoms with Gasteiger partial charge in [-0.2, -0.15) is 13.2 Å². The number of carboxylic acids is 1. The molecule has 0 bridgehead atoms. The second kappa shape index (κ2) is 10.5. The molecule has 0 aliphatic carbocycles. The SMILES string of the molecule is CCc1cnc(N2CCC3(CC2)CN(Cc2nccs2)CCO3)nc1.O=C(O)C(F)(F)F. The van der Waals surface area contributed by atoms with Crippen molar-refractivity contribution in [2.24, 2.45) is 0 Å². The van der Waals surface area contributed by atoms with Gasteiger partial charge in [0, 0.05) is 50.1 Å². The van der Waals surface area contributed by atoms with E-state index in [1.54, 1.807) is 11.3 Å². The minimum atomic E-state index is -5.08. The van der Waals surface area contributed by atoms with Gasteiger partial charge in [0.15, 0.2) is 0 Å². The van der Waals surface area contributed by atoms with E-state index in [-0.39, 0.29) is 5.60 Å². The predicted molar refractivity (Wildman–Crippen MR) is 113 cm³/mol. The van der Waals surface area contributed by atoms with E-state index in [1.165, 1.54) is 10.6 Å². The van der Waals surface area contributed by atoms with E-state index in [1.807, 2.05) is 24.0 Å². The maximum absolute atomic E-state index is 10.6. The largest absolute Gasteiger partial charge is 0.490 e. The van der Waals surface area contributed by atoms with Crippen molar-refractivity contribution in [1.29, 1.82) is 0 Å². The van der Waals surface area contributed by atoms with Crippen LogP contribution in [0.4, 0.5) is 19.1 Å². The fraction of sp³-hybridized carbons (Fsp3) is 0.600. The van der Waals surface area contributed by atoms with Gasteiger partial charge >= 0.3 is 12.1 Å². The van der Waals surface area contributed by atoms with Gasteiger partial charge in [-0.15, -0.1) is 11.3 Å². The van der Waals surface area contributed by atoms with Crippen LogP contribution >= 0.6 is 11.3 Å². The van der Waals surface area contributed by atoms with Gasteiger partial charge in [-0.1, -0.05) is 6.92 Å². The normalized spacial score (nSPS) is 18.8. The third kappa shape index (κ3) is 6.59. The van der Waals surface area contributed by atoms with Crippen LogP contribution in [0.3, 0.4) is 0 Å². The van der Waals surface area contributed by atoms with Gasteiger partial charge in [-0.25, -0.2) is 19.7 Å². The predicted octanol–water partition coefficient (Wildman–Crippen LogP) is 3.00. The lowest BCUT2D eigenvalue weighted by atomic mass is 9.89. The molecule has 176 valence electrons. The van der Waals surface area contributed by atoms with Crippen LogP contribution < -0.4 is 4.90 Å². The van der Waals surface area contributed by atoms with Gasteiger partial charge < -0.3 is 14.7 Å². The molecule has 2 aliphatic heterocycles. The van der Waals surface area contributed by atoms with E-state index >= 15 is 0 Å². The maximum Gasteiger partial charge on any atom is 0.490 e. The van der Waals surface area contributed by atoms with Crippen LogP contribution in [-0.2, 0) is 22.5 Å². The van der Waals surface area contributed by atoms with E-state index in [9.17, 15) is 13.2 Å². The molecule has 0 saturated carbocycles. The Kier molecular flexibility index (Phi) is 8.01. The van der Waals surface area contributed by atoms with Crippen molar-refractivity contribution in [3.8, 4) is 0 Å². The lowest BCUT2D eigenvalue weighted by Gasteiger charge is -2.47. The van der Waals surface area contributed by atoms with Crippen molar-refractivity contribution in [2.75, 3.05) is 37.7 Å². The first-order chi connectivity index (χ1) is 15.2. The molecule has 2 aliphatic rings. The molecule has 0 radical (unpaired) electrons. The molecule has 4 heterocycles. The van der Waals surface area contributed by atoms with Crippen LogP contribution in [0, 0.1) is 0 Å². The third-order valence-electron chi connectivity index (χ3n) is 5.47. The number of aryl methyl sites for hydroxylation is 1. The highest BCUT2D eigenvalue weighted by Crippen LogP contribution is 2.32. The number of morpholine rings is 1. The number of hydrogen-bond acceptors (Lipinski definition) is 8. The molecular formula is C20H26F3N5O3S. The van der Waals surface area contributed by atoms with Gasteiger partial charge in [-0.05, 0) is 24.8 Å². The summed E-state index contributed by atoms with van der Waals surface area (Å²) in [5.41, 5.74) is 1.17. The van der Waals surface area contributed by atoms with Crippen molar-refractivity contribution in [1.82, 2.24) is 19.9 Å². The summed E-state index contributed by atoms with van der Waals surface area (Å²) in [4.78, 5) is 27.1. The summed E-state index contributed by atoms with van der Waals surface area (Å²) in [6.07, 6.45) is 3.73. The molecule has 12 heteroatoms. The quantitative estimate of drug-likeness (QED) is 0.725. The zero-order valence-electron chi connectivity index (χ0n) is 17.7. The number of piperidine rings is 1. The van der Waals surface area contributed by atoms with Crippen LogP contribution in [0.15, 0.2) is 24.0 Å². The highest BCUT2D eigenvalue weighted by Gasteiger charge is 2.40. The minimum absolute atomic E-state index is 0.0185. The Labute approximate surface area is 188 Å². The lowest BCUT2D eigenvalue weighted by Crippen LogP contribution is -2.56.